The SMILES string of the molecule is OC(c1cccs1)c1cccnc1F. The fourth-order valence-electron chi connectivity index (χ4n) is 1.20. The molecule has 72 valence electrons. The van der Waals surface area contributed by atoms with Gasteiger partial charge in [0, 0.05) is 16.6 Å². The summed E-state index contributed by atoms with van der Waals surface area (Å²) >= 11 is 1.39. The van der Waals surface area contributed by atoms with Crippen molar-refractivity contribution in [2.45, 2.75) is 6.10 Å². The van der Waals surface area contributed by atoms with Crippen molar-refractivity contribution in [2.24, 2.45) is 0 Å². The first-order valence-corrected chi connectivity index (χ1v) is 4.99. The van der Waals surface area contributed by atoms with E-state index in [1.165, 1.54) is 23.6 Å². The molecule has 14 heavy (non-hydrogen) atoms. The van der Waals surface area contributed by atoms with Crippen molar-refractivity contribution < 1.29 is 9.50 Å². The van der Waals surface area contributed by atoms with E-state index in [0.29, 0.717) is 0 Å². The summed E-state index contributed by atoms with van der Waals surface area (Å²) in [6, 6.07) is 6.72. The van der Waals surface area contributed by atoms with Crippen LogP contribution in [0.4, 0.5) is 4.39 Å². The van der Waals surface area contributed by atoms with Gasteiger partial charge in [0.25, 0.3) is 0 Å². The lowest BCUT2D eigenvalue weighted by Crippen LogP contribution is -2.01. The number of hydrogen-bond donors (Lipinski definition) is 1. The number of aliphatic hydroxyl groups excluding tert-OH is 1. The van der Waals surface area contributed by atoms with Gasteiger partial charge in [-0.05, 0) is 23.6 Å². The number of thiophene rings is 1. The maximum absolute atomic E-state index is 13.2. The average molecular weight is 209 g/mol. The van der Waals surface area contributed by atoms with Crippen LogP contribution < -0.4 is 0 Å². The van der Waals surface area contributed by atoms with Crippen molar-refractivity contribution in [3.63, 3.8) is 0 Å². The number of hydrogen-bond acceptors (Lipinski definition) is 3. The minimum atomic E-state index is -0.913. The summed E-state index contributed by atoms with van der Waals surface area (Å²) in [4.78, 5) is 4.21. The van der Waals surface area contributed by atoms with Gasteiger partial charge in [0.2, 0.25) is 5.95 Å². The lowest BCUT2D eigenvalue weighted by Gasteiger charge is -2.08. The van der Waals surface area contributed by atoms with Crippen molar-refractivity contribution in [3.05, 3.63) is 52.2 Å². The van der Waals surface area contributed by atoms with Gasteiger partial charge in [-0.15, -0.1) is 11.3 Å². The number of pyridine rings is 1. The molecule has 0 radical (unpaired) electrons. The number of aromatic nitrogens is 1. The van der Waals surface area contributed by atoms with E-state index in [4.69, 9.17) is 0 Å². The Morgan fingerprint density at radius 1 is 1.36 bits per heavy atom. The third-order valence-electron chi connectivity index (χ3n) is 1.90. The highest BCUT2D eigenvalue weighted by atomic mass is 32.1. The molecule has 0 aliphatic rings. The summed E-state index contributed by atoms with van der Waals surface area (Å²) in [5, 5.41) is 11.6. The fraction of sp³-hybridized carbons (Fsp3) is 0.100. The molecular weight excluding hydrogens is 201 g/mol. The van der Waals surface area contributed by atoms with E-state index in [1.54, 1.807) is 12.1 Å². The van der Waals surface area contributed by atoms with Crippen molar-refractivity contribution in [3.8, 4) is 0 Å². The van der Waals surface area contributed by atoms with E-state index in [9.17, 15) is 9.50 Å². The Kier molecular flexibility index (Phi) is 2.56. The quantitative estimate of drug-likeness (QED) is 0.770. The molecule has 0 bridgehead atoms. The maximum Gasteiger partial charge on any atom is 0.219 e. The van der Waals surface area contributed by atoms with Gasteiger partial charge in [0.15, 0.2) is 0 Å². The summed E-state index contributed by atoms with van der Waals surface area (Å²) in [6.07, 6.45) is 0.448. The molecule has 0 saturated heterocycles. The third kappa shape index (κ3) is 1.66. The molecule has 2 heterocycles. The van der Waals surface area contributed by atoms with Crippen LogP contribution in [0.3, 0.4) is 0 Å². The molecule has 4 heteroatoms. The highest BCUT2D eigenvalue weighted by Gasteiger charge is 2.15. The Morgan fingerprint density at radius 3 is 2.86 bits per heavy atom. The van der Waals surface area contributed by atoms with Gasteiger partial charge in [-0.3, -0.25) is 0 Å². The molecule has 0 aliphatic heterocycles. The fourth-order valence-corrected chi connectivity index (χ4v) is 1.93. The molecule has 2 nitrogen and oxygen atoms in total. The molecule has 1 unspecified atom stereocenters. The van der Waals surface area contributed by atoms with Crippen LogP contribution in [0, 0.1) is 5.95 Å². The van der Waals surface area contributed by atoms with Crippen molar-refractivity contribution >= 4 is 11.3 Å². The second-order valence-electron chi connectivity index (χ2n) is 2.80. The highest BCUT2D eigenvalue weighted by Crippen LogP contribution is 2.26. The van der Waals surface area contributed by atoms with Gasteiger partial charge < -0.3 is 5.11 Å². The Morgan fingerprint density at radius 2 is 2.21 bits per heavy atom. The number of halogens is 1. The molecule has 2 rings (SSSR count). The molecule has 0 spiro atoms. The topological polar surface area (TPSA) is 33.1 Å². The summed E-state index contributed by atoms with van der Waals surface area (Å²) in [7, 11) is 0. The van der Waals surface area contributed by atoms with Crippen LogP contribution >= 0.6 is 11.3 Å². The molecule has 0 fully saturated rings. The minimum absolute atomic E-state index is 0.218. The summed E-state index contributed by atoms with van der Waals surface area (Å²) in [5.74, 6) is -0.617. The lowest BCUT2D eigenvalue weighted by molar-refractivity contribution is 0.217. The number of rotatable bonds is 2. The third-order valence-corrected chi connectivity index (χ3v) is 2.82. The first-order chi connectivity index (χ1) is 6.79. The molecule has 0 amide bonds. The number of nitrogens with zero attached hydrogens (tertiary/aromatic N) is 1. The van der Waals surface area contributed by atoms with E-state index < -0.39 is 12.1 Å². The van der Waals surface area contributed by atoms with Crippen molar-refractivity contribution in [1.29, 1.82) is 0 Å². The van der Waals surface area contributed by atoms with Gasteiger partial charge in [0.1, 0.15) is 6.10 Å². The highest BCUT2D eigenvalue weighted by molar-refractivity contribution is 7.10. The van der Waals surface area contributed by atoms with Gasteiger partial charge >= 0.3 is 0 Å². The van der Waals surface area contributed by atoms with Crippen LogP contribution in [0.25, 0.3) is 0 Å². The monoisotopic (exact) mass is 209 g/mol. The predicted molar refractivity (Wildman–Crippen MR) is 52.6 cm³/mol. The first-order valence-electron chi connectivity index (χ1n) is 4.11. The molecule has 2 aromatic rings. The Bertz CT molecular complexity index is 416. The number of aliphatic hydroxyl groups is 1. The van der Waals surface area contributed by atoms with Crippen LogP contribution in [0.15, 0.2) is 35.8 Å². The van der Waals surface area contributed by atoms with Crippen LogP contribution in [0.2, 0.25) is 0 Å². The lowest BCUT2D eigenvalue weighted by atomic mass is 10.1. The summed E-state index contributed by atoms with van der Waals surface area (Å²) in [6.45, 7) is 0. The van der Waals surface area contributed by atoms with Gasteiger partial charge in [-0.25, -0.2) is 4.98 Å². The largest absolute Gasteiger partial charge is 0.383 e. The average Bonchev–Trinajstić information content (AvgIpc) is 2.70. The zero-order valence-corrected chi connectivity index (χ0v) is 8.04. The van der Waals surface area contributed by atoms with E-state index in [1.807, 2.05) is 11.4 Å². The Labute approximate surface area is 84.7 Å². The molecule has 2 aromatic heterocycles. The second kappa shape index (κ2) is 3.86. The van der Waals surface area contributed by atoms with Crippen LogP contribution in [-0.4, -0.2) is 10.1 Å². The van der Waals surface area contributed by atoms with Crippen molar-refractivity contribution in [1.82, 2.24) is 4.98 Å². The van der Waals surface area contributed by atoms with Crippen LogP contribution in [0.1, 0.15) is 16.5 Å². The van der Waals surface area contributed by atoms with E-state index >= 15 is 0 Å². The zero-order chi connectivity index (χ0) is 9.97. The predicted octanol–water partition coefficient (Wildman–Crippen LogP) is 2.36. The van der Waals surface area contributed by atoms with E-state index in [2.05, 4.69) is 4.98 Å². The van der Waals surface area contributed by atoms with Gasteiger partial charge in [-0.1, -0.05) is 6.07 Å². The molecule has 1 N–H and O–H groups in total. The standard InChI is InChI=1S/C10H8FNOS/c11-10-7(3-1-5-12-10)9(13)8-4-2-6-14-8/h1-6,9,13H. The normalized spacial score (nSPS) is 12.7. The summed E-state index contributed by atoms with van der Waals surface area (Å²) < 4.78 is 13.2. The minimum Gasteiger partial charge on any atom is -0.383 e. The zero-order valence-electron chi connectivity index (χ0n) is 7.22. The molecule has 0 saturated carbocycles. The van der Waals surface area contributed by atoms with E-state index in [-0.39, 0.29) is 5.56 Å². The maximum atomic E-state index is 13.2. The van der Waals surface area contributed by atoms with Gasteiger partial charge in [-0.2, -0.15) is 4.39 Å². The smallest absolute Gasteiger partial charge is 0.219 e. The second-order valence-corrected chi connectivity index (χ2v) is 3.78. The first kappa shape index (κ1) is 9.30. The molecule has 1 atom stereocenters. The van der Waals surface area contributed by atoms with Crippen molar-refractivity contribution in [2.75, 3.05) is 0 Å². The van der Waals surface area contributed by atoms with Gasteiger partial charge in [0.05, 0.1) is 0 Å². The molecule has 0 aliphatic carbocycles. The molecule has 0 aromatic carbocycles. The summed E-state index contributed by atoms with van der Waals surface area (Å²) in [5.41, 5.74) is 0.218. The van der Waals surface area contributed by atoms with E-state index in [0.717, 1.165) is 4.88 Å². The van der Waals surface area contributed by atoms with Crippen LogP contribution in [-0.2, 0) is 0 Å². The van der Waals surface area contributed by atoms with Crippen LogP contribution in [0.5, 0.6) is 0 Å². The molecular formula is C10H8FNOS. The Hall–Kier alpha value is -1.26. The Balaban J connectivity index is 2.37.